The average Bonchev–Trinajstić information content (AvgIpc) is 2.16. The SMILES string of the molecule is COc1cc(CNCC(C)(C)C)ccn1. The third-order valence-corrected chi connectivity index (χ3v) is 1.99. The molecule has 1 heterocycles. The van der Waals surface area contributed by atoms with Gasteiger partial charge in [-0.1, -0.05) is 20.8 Å². The second-order valence-electron chi connectivity index (χ2n) is 4.87. The van der Waals surface area contributed by atoms with E-state index in [0.717, 1.165) is 13.1 Å². The molecule has 1 N–H and O–H groups in total. The van der Waals surface area contributed by atoms with Crippen molar-refractivity contribution < 1.29 is 4.74 Å². The molecule has 3 heteroatoms. The van der Waals surface area contributed by atoms with Crippen LogP contribution in [0.15, 0.2) is 18.3 Å². The van der Waals surface area contributed by atoms with Crippen molar-refractivity contribution in [3.63, 3.8) is 0 Å². The van der Waals surface area contributed by atoms with E-state index in [1.165, 1.54) is 5.56 Å². The molecule has 0 bridgehead atoms. The minimum absolute atomic E-state index is 0.317. The molecule has 0 fully saturated rings. The summed E-state index contributed by atoms with van der Waals surface area (Å²) in [4.78, 5) is 4.06. The predicted molar refractivity (Wildman–Crippen MR) is 62.0 cm³/mol. The number of nitrogens with one attached hydrogen (secondary N) is 1. The van der Waals surface area contributed by atoms with Crippen molar-refractivity contribution in [2.45, 2.75) is 27.3 Å². The molecule has 1 aromatic rings. The van der Waals surface area contributed by atoms with Gasteiger partial charge in [0.15, 0.2) is 0 Å². The highest BCUT2D eigenvalue weighted by Gasteiger charge is 2.08. The summed E-state index contributed by atoms with van der Waals surface area (Å²) >= 11 is 0. The number of rotatable bonds is 4. The lowest BCUT2D eigenvalue weighted by Gasteiger charge is -2.18. The Morgan fingerprint density at radius 2 is 2.13 bits per heavy atom. The van der Waals surface area contributed by atoms with E-state index in [0.29, 0.717) is 11.3 Å². The highest BCUT2D eigenvalue weighted by molar-refractivity contribution is 5.20. The van der Waals surface area contributed by atoms with E-state index in [1.807, 2.05) is 12.1 Å². The third-order valence-electron chi connectivity index (χ3n) is 1.99. The van der Waals surface area contributed by atoms with Gasteiger partial charge in [-0.15, -0.1) is 0 Å². The molecule has 0 unspecified atom stereocenters. The van der Waals surface area contributed by atoms with E-state index in [9.17, 15) is 0 Å². The third kappa shape index (κ3) is 4.79. The van der Waals surface area contributed by atoms with Crippen molar-refractivity contribution in [2.75, 3.05) is 13.7 Å². The Morgan fingerprint density at radius 3 is 2.73 bits per heavy atom. The molecular formula is C12H20N2O. The van der Waals surface area contributed by atoms with E-state index in [-0.39, 0.29) is 0 Å². The molecule has 1 aromatic heterocycles. The summed E-state index contributed by atoms with van der Waals surface area (Å²) in [7, 11) is 1.63. The van der Waals surface area contributed by atoms with E-state index < -0.39 is 0 Å². The van der Waals surface area contributed by atoms with Gasteiger partial charge in [-0.2, -0.15) is 0 Å². The van der Waals surface area contributed by atoms with Gasteiger partial charge in [0, 0.05) is 25.4 Å². The zero-order valence-electron chi connectivity index (χ0n) is 10.0. The fourth-order valence-corrected chi connectivity index (χ4v) is 1.25. The fraction of sp³-hybridized carbons (Fsp3) is 0.583. The number of aromatic nitrogens is 1. The monoisotopic (exact) mass is 208 g/mol. The Bertz CT molecular complexity index is 305. The Morgan fingerprint density at radius 1 is 1.40 bits per heavy atom. The number of methoxy groups -OCH3 is 1. The molecule has 0 saturated carbocycles. The van der Waals surface area contributed by atoms with Crippen molar-refractivity contribution in [1.29, 1.82) is 0 Å². The van der Waals surface area contributed by atoms with E-state index >= 15 is 0 Å². The van der Waals surface area contributed by atoms with E-state index in [2.05, 4.69) is 31.1 Å². The predicted octanol–water partition coefficient (Wildman–Crippen LogP) is 2.23. The minimum Gasteiger partial charge on any atom is -0.481 e. The molecule has 84 valence electrons. The van der Waals surface area contributed by atoms with E-state index in [1.54, 1.807) is 13.3 Å². The van der Waals surface area contributed by atoms with Crippen LogP contribution in [-0.4, -0.2) is 18.6 Å². The Labute approximate surface area is 91.9 Å². The number of nitrogens with zero attached hydrogens (tertiary/aromatic N) is 1. The van der Waals surface area contributed by atoms with Gasteiger partial charge in [0.1, 0.15) is 0 Å². The first-order valence-corrected chi connectivity index (χ1v) is 5.21. The maximum absolute atomic E-state index is 5.06. The number of ether oxygens (including phenoxy) is 1. The van der Waals surface area contributed by atoms with Crippen molar-refractivity contribution in [3.8, 4) is 5.88 Å². The number of hydrogen-bond donors (Lipinski definition) is 1. The van der Waals surface area contributed by atoms with Crippen LogP contribution in [0.25, 0.3) is 0 Å². The van der Waals surface area contributed by atoms with Gasteiger partial charge in [0.25, 0.3) is 0 Å². The van der Waals surface area contributed by atoms with E-state index in [4.69, 9.17) is 4.74 Å². The van der Waals surface area contributed by atoms with Crippen LogP contribution in [0.1, 0.15) is 26.3 Å². The normalized spacial score (nSPS) is 11.5. The van der Waals surface area contributed by atoms with Crippen molar-refractivity contribution >= 4 is 0 Å². The first kappa shape index (κ1) is 12.0. The number of hydrogen-bond acceptors (Lipinski definition) is 3. The summed E-state index contributed by atoms with van der Waals surface area (Å²) in [6.07, 6.45) is 1.77. The smallest absolute Gasteiger partial charge is 0.213 e. The largest absolute Gasteiger partial charge is 0.481 e. The van der Waals surface area contributed by atoms with Gasteiger partial charge in [-0.3, -0.25) is 0 Å². The maximum atomic E-state index is 5.06. The lowest BCUT2D eigenvalue weighted by Crippen LogP contribution is -2.26. The first-order valence-electron chi connectivity index (χ1n) is 5.21. The summed E-state index contributed by atoms with van der Waals surface area (Å²) in [6.45, 7) is 8.50. The molecule has 1 rings (SSSR count). The van der Waals surface area contributed by atoms with Crippen LogP contribution in [-0.2, 0) is 6.54 Å². The van der Waals surface area contributed by atoms with Gasteiger partial charge >= 0.3 is 0 Å². The van der Waals surface area contributed by atoms with Crippen molar-refractivity contribution in [2.24, 2.45) is 5.41 Å². The second kappa shape index (κ2) is 5.12. The Kier molecular flexibility index (Phi) is 4.09. The quantitative estimate of drug-likeness (QED) is 0.824. The van der Waals surface area contributed by atoms with Crippen LogP contribution in [0.4, 0.5) is 0 Å². The highest BCUT2D eigenvalue weighted by atomic mass is 16.5. The molecule has 3 nitrogen and oxygen atoms in total. The summed E-state index contributed by atoms with van der Waals surface area (Å²) in [5.74, 6) is 0.671. The highest BCUT2D eigenvalue weighted by Crippen LogP contribution is 2.12. The average molecular weight is 208 g/mol. The molecule has 0 aromatic carbocycles. The van der Waals surface area contributed by atoms with Gasteiger partial charge in [0.05, 0.1) is 7.11 Å². The van der Waals surface area contributed by atoms with Crippen LogP contribution < -0.4 is 10.1 Å². The summed E-state index contributed by atoms with van der Waals surface area (Å²) in [5.41, 5.74) is 1.52. The molecule has 0 saturated heterocycles. The van der Waals surface area contributed by atoms with Gasteiger partial charge in [0.2, 0.25) is 5.88 Å². The Hall–Kier alpha value is -1.09. The van der Waals surface area contributed by atoms with Crippen LogP contribution in [0.2, 0.25) is 0 Å². The molecule has 0 radical (unpaired) electrons. The molecule has 0 aliphatic carbocycles. The van der Waals surface area contributed by atoms with Gasteiger partial charge < -0.3 is 10.1 Å². The first-order chi connectivity index (χ1) is 7.01. The molecule has 0 aliphatic rings. The zero-order chi connectivity index (χ0) is 11.3. The molecule has 0 aliphatic heterocycles. The molecule has 0 atom stereocenters. The maximum Gasteiger partial charge on any atom is 0.213 e. The van der Waals surface area contributed by atoms with Gasteiger partial charge in [-0.05, 0) is 17.0 Å². The molecule has 15 heavy (non-hydrogen) atoms. The van der Waals surface area contributed by atoms with Crippen LogP contribution in [0.5, 0.6) is 5.88 Å². The van der Waals surface area contributed by atoms with Crippen LogP contribution in [0.3, 0.4) is 0 Å². The summed E-state index contributed by atoms with van der Waals surface area (Å²) < 4.78 is 5.06. The van der Waals surface area contributed by atoms with Gasteiger partial charge in [-0.25, -0.2) is 4.98 Å². The summed E-state index contributed by atoms with van der Waals surface area (Å²) in [6, 6.07) is 3.95. The molecular weight excluding hydrogens is 188 g/mol. The molecule has 0 spiro atoms. The fourth-order valence-electron chi connectivity index (χ4n) is 1.25. The topological polar surface area (TPSA) is 34.1 Å². The lowest BCUT2D eigenvalue weighted by atomic mass is 9.97. The summed E-state index contributed by atoms with van der Waals surface area (Å²) in [5, 5.41) is 3.41. The lowest BCUT2D eigenvalue weighted by molar-refractivity contribution is 0.378. The van der Waals surface area contributed by atoms with Crippen molar-refractivity contribution in [1.82, 2.24) is 10.3 Å². The zero-order valence-corrected chi connectivity index (χ0v) is 10.0. The Balaban J connectivity index is 2.44. The second-order valence-corrected chi connectivity index (χ2v) is 4.87. The standard InChI is InChI=1S/C12H20N2O/c1-12(2,3)9-13-8-10-5-6-14-11(7-10)15-4/h5-7,13H,8-9H2,1-4H3. The van der Waals surface area contributed by atoms with Crippen LogP contribution in [0, 0.1) is 5.41 Å². The van der Waals surface area contributed by atoms with Crippen molar-refractivity contribution in [3.05, 3.63) is 23.9 Å². The number of pyridine rings is 1. The molecule has 0 amide bonds. The van der Waals surface area contributed by atoms with Crippen LogP contribution >= 0.6 is 0 Å². The minimum atomic E-state index is 0.317.